The maximum Gasteiger partial charge on any atom is 0.0583 e. The van der Waals surface area contributed by atoms with E-state index in [2.05, 4.69) is 11.7 Å². The maximum absolute atomic E-state index is 9.25. The molecule has 1 N–H and O–H groups in total. The van der Waals surface area contributed by atoms with Gasteiger partial charge in [-0.1, -0.05) is 12.2 Å². The van der Waals surface area contributed by atoms with Crippen molar-refractivity contribution in [2.45, 2.75) is 19.4 Å². The first-order valence-corrected chi connectivity index (χ1v) is 3.77. The number of rotatable bonds is 2. The number of aliphatic hydroxyl groups excluding tert-OH is 1. The van der Waals surface area contributed by atoms with Gasteiger partial charge in [0.15, 0.2) is 0 Å². The fraction of sp³-hybridized carbons (Fsp3) is 0.444. The lowest BCUT2D eigenvalue weighted by atomic mass is 9.95. The molecule has 1 aliphatic rings. The van der Waals surface area contributed by atoms with E-state index in [1.165, 1.54) is 0 Å². The number of hydrogen-bond acceptors (Lipinski definition) is 2. The summed E-state index contributed by atoms with van der Waals surface area (Å²) in [4.78, 5) is 3.79. The van der Waals surface area contributed by atoms with Crippen molar-refractivity contribution in [2.24, 2.45) is 10.9 Å². The molecule has 0 saturated carbocycles. The van der Waals surface area contributed by atoms with E-state index in [0.29, 0.717) is 0 Å². The van der Waals surface area contributed by atoms with Crippen LogP contribution >= 0.6 is 0 Å². The van der Waals surface area contributed by atoms with Gasteiger partial charge in [0.05, 0.1) is 11.8 Å². The molecule has 1 rings (SSSR count). The van der Waals surface area contributed by atoms with Gasteiger partial charge < -0.3 is 5.11 Å². The Morgan fingerprint density at radius 2 is 2.55 bits per heavy atom. The molecule has 11 heavy (non-hydrogen) atoms. The van der Waals surface area contributed by atoms with E-state index in [1.54, 1.807) is 6.92 Å². The Hall–Kier alpha value is -0.890. The molecule has 0 aromatic carbocycles. The number of nitrogens with zero attached hydrogens (tertiary/aromatic N) is 1. The van der Waals surface area contributed by atoms with Crippen molar-refractivity contribution in [1.29, 1.82) is 0 Å². The molecule has 0 radical (unpaired) electrons. The third-order valence-electron chi connectivity index (χ3n) is 1.88. The molecule has 0 bridgehead atoms. The van der Waals surface area contributed by atoms with E-state index in [4.69, 9.17) is 0 Å². The highest BCUT2D eigenvalue weighted by molar-refractivity contribution is 5.35. The molecule has 0 saturated heterocycles. The zero-order valence-electron chi connectivity index (χ0n) is 6.70. The van der Waals surface area contributed by atoms with Gasteiger partial charge in [-0.25, -0.2) is 0 Å². The fourth-order valence-electron chi connectivity index (χ4n) is 1.13. The summed E-state index contributed by atoms with van der Waals surface area (Å²) >= 11 is 0. The molecular weight excluding hydrogens is 138 g/mol. The lowest BCUT2D eigenvalue weighted by Crippen LogP contribution is -2.15. The van der Waals surface area contributed by atoms with Crippen LogP contribution in [0.15, 0.2) is 28.9 Å². The summed E-state index contributed by atoms with van der Waals surface area (Å²) in [5.41, 5.74) is 0.863. The van der Waals surface area contributed by atoms with Crippen molar-refractivity contribution >= 4 is 6.72 Å². The van der Waals surface area contributed by atoms with Crippen LogP contribution in [0.1, 0.15) is 13.3 Å². The van der Waals surface area contributed by atoms with Gasteiger partial charge in [0.25, 0.3) is 0 Å². The quantitative estimate of drug-likeness (QED) is 0.596. The van der Waals surface area contributed by atoms with Crippen LogP contribution in [0, 0.1) is 5.92 Å². The Bertz CT molecular complexity index is 204. The van der Waals surface area contributed by atoms with E-state index in [0.717, 1.165) is 12.1 Å². The minimum atomic E-state index is -0.295. The Kier molecular flexibility index (Phi) is 2.60. The standard InChI is InChI=1S/C9H13NO/c1-7(11)8-4-3-5-9(6-8)10-2/h3,5-8,11H,2,4H2,1H3. The average molecular weight is 151 g/mol. The summed E-state index contributed by atoms with van der Waals surface area (Å²) < 4.78 is 0. The normalized spacial score (nSPS) is 26.0. The molecule has 0 amide bonds. The SMILES string of the molecule is C=NC1=CC(C(C)O)CC=C1. The third kappa shape index (κ3) is 2.02. The van der Waals surface area contributed by atoms with E-state index in [1.807, 2.05) is 18.2 Å². The molecule has 1 aliphatic carbocycles. The highest BCUT2D eigenvalue weighted by Crippen LogP contribution is 2.19. The first kappa shape index (κ1) is 8.21. The second kappa shape index (κ2) is 3.49. The van der Waals surface area contributed by atoms with Gasteiger partial charge in [0.1, 0.15) is 0 Å². The Morgan fingerprint density at radius 3 is 3.09 bits per heavy atom. The van der Waals surface area contributed by atoms with E-state index in [-0.39, 0.29) is 12.0 Å². The third-order valence-corrected chi connectivity index (χ3v) is 1.88. The molecular formula is C9H13NO. The minimum Gasteiger partial charge on any atom is -0.393 e. The van der Waals surface area contributed by atoms with Gasteiger partial charge in [0, 0.05) is 5.92 Å². The first-order valence-electron chi connectivity index (χ1n) is 3.77. The van der Waals surface area contributed by atoms with Gasteiger partial charge in [-0.3, -0.25) is 4.99 Å². The molecule has 2 nitrogen and oxygen atoms in total. The first-order chi connectivity index (χ1) is 5.24. The largest absolute Gasteiger partial charge is 0.393 e. The van der Waals surface area contributed by atoms with Crippen LogP contribution in [-0.2, 0) is 0 Å². The van der Waals surface area contributed by atoms with Crippen molar-refractivity contribution in [1.82, 2.24) is 0 Å². The van der Waals surface area contributed by atoms with E-state index in [9.17, 15) is 5.11 Å². The smallest absolute Gasteiger partial charge is 0.0583 e. The Morgan fingerprint density at radius 1 is 1.82 bits per heavy atom. The van der Waals surface area contributed by atoms with Gasteiger partial charge in [-0.2, -0.15) is 0 Å². The summed E-state index contributed by atoms with van der Waals surface area (Å²) in [6, 6.07) is 0. The Balaban J connectivity index is 2.68. The molecule has 2 atom stereocenters. The van der Waals surface area contributed by atoms with Gasteiger partial charge in [0.2, 0.25) is 0 Å². The van der Waals surface area contributed by atoms with Crippen molar-refractivity contribution in [3.05, 3.63) is 23.9 Å². The zero-order chi connectivity index (χ0) is 8.27. The van der Waals surface area contributed by atoms with Crippen LogP contribution < -0.4 is 0 Å². The number of allylic oxidation sites excluding steroid dienone is 2. The minimum absolute atomic E-state index is 0.209. The van der Waals surface area contributed by atoms with Crippen LogP contribution in [0.5, 0.6) is 0 Å². The lowest BCUT2D eigenvalue weighted by molar-refractivity contribution is 0.149. The summed E-state index contributed by atoms with van der Waals surface area (Å²) in [5, 5.41) is 9.25. The highest BCUT2D eigenvalue weighted by atomic mass is 16.3. The van der Waals surface area contributed by atoms with Crippen LogP contribution in [0.4, 0.5) is 0 Å². The number of aliphatic imine (C=N–C) groups is 1. The van der Waals surface area contributed by atoms with Crippen LogP contribution in [-0.4, -0.2) is 17.9 Å². The van der Waals surface area contributed by atoms with E-state index < -0.39 is 0 Å². The molecule has 0 aromatic heterocycles. The highest BCUT2D eigenvalue weighted by Gasteiger charge is 2.13. The number of hydrogen-bond donors (Lipinski definition) is 1. The summed E-state index contributed by atoms with van der Waals surface area (Å²) in [5.74, 6) is 0.209. The topological polar surface area (TPSA) is 32.6 Å². The number of aliphatic hydroxyl groups is 1. The predicted octanol–water partition coefficient (Wildman–Crippen LogP) is 1.53. The summed E-state index contributed by atoms with van der Waals surface area (Å²) in [7, 11) is 0. The van der Waals surface area contributed by atoms with Crippen LogP contribution in [0.25, 0.3) is 0 Å². The van der Waals surface area contributed by atoms with Gasteiger partial charge in [-0.05, 0) is 26.1 Å². The molecule has 0 heterocycles. The Labute approximate surface area is 67.0 Å². The maximum atomic E-state index is 9.25. The van der Waals surface area contributed by atoms with Crippen LogP contribution in [0.2, 0.25) is 0 Å². The molecule has 2 unspecified atom stereocenters. The predicted molar refractivity (Wildman–Crippen MR) is 46.6 cm³/mol. The molecule has 0 fully saturated rings. The average Bonchev–Trinajstić information content (AvgIpc) is 2.05. The van der Waals surface area contributed by atoms with Gasteiger partial charge >= 0.3 is 0 Å². The van der Waals surface area contributed by atoms with Crippen molar-refractivity contribution < 1.29 is 5.11 Å². The summed E-state index contributed by atoms with van der Waals surface area (Å²) in [6.45, 7) is 5.22. The molecule has 0 spiro atoms. The van der Waals surface area contributed by atoms with Crippen molar-refractivity contribution in [2.75, 3.05) is 0 Å². The van der Waals surface area contributed by atoms with Crippen molar-refractivity contribution in [3.63, 3.8) is 0 Å². The monoisotopic (exact) mass is 151 g/mol. The molecule has 0 aromatic rings. The lowest BCUT2D eigenvalue weighted by Gasteiger charge is -2.17. The van der Waals surface area contributed by atoms with Crippen molar-refractivity contribution in [3.8, 4) is 0 Å². The second-order valence-corrected chi connectivity index (χ2v) is 2.79. The zero-order valence-corrected chi connectivity index (χ0v) is 6.70. The molecule has 2 heteroatoms. The summed E-state index contributed by atoms with van der Waals surface area (Å²) in [6.07, 6.45) is 6.50. The molecule has 0 aliphatic heterocycles. The van der Waals surface area contributed by atoms with E-state index >= 15 is 0 Å². The second-order valence-electron chi connectivity index (χ2n) is 2.79. The molecule has 60 valence electrons. The van der Waals surface area contributed by atoms with Crippen LogP contribution in [0.3, 0.4) is 0 Å². The van der Waals surface area contributed by atoms with Gasteiger partial charge in [-0.15, -0.1) is 0 Å². The fourth-order valence-corrected chi connectivity index (χ4v) is 1.13.